The second-order valence-electron chi connectivity index (χ2n) is 6.93. The summed E-state index contributed by atoms with van der Waals surface area (Å²) in [7, 11) is 0. The lowest BCUT2D eigenvalue weighted by Gasteiger charge is -2.24. The summed E-state index contributed by atoms with van der Waals surface area (Å²) in [6.45, 7) is 3.21. The van der Waals surface area contributed by atoms with Crippen LogP contribution in [-0.4, -0.2) is 29.3 Å². The van der Waals surface area contributed by atoms with Crippen molar-refractivity contribution in [2.75, 3.05) is 18.7 Å². The van der Waals surface area contributed by atoms with Crippen LogP contribution in [0.5, 0.6) is 11.5 Å². The number of anilines is 1. The molecule has 1 aliphatic rings. The molecule has 2 amide bonds. The van der Waals surface area contributed by atoms with Crippen LogP contribution in [-0.2, 0) is 13.0 Å². The number of rotatable bonds is 6. The third kappa shape index (κ3) is 4.66. The van der Waals surface area contributed by atoms with Gasteiger partial charge in [0.25, 0.3) is 0 Å². The molecular weight excluding hydrogens is 366 g/mol. The Kier molecular flexibility index (Phi) is 5.61. The van der Waals surface area contributed by atoms with E-state index in [1.165, 1.54) is 0 Å². The molecule has 6 nitrogen and oxygen atoms in total. The summed E-state index contributed by atoms with van der Waals surface area (Å²) in [6, 6.07) is 19.2. The fraction of sp³-hybridized carbons (Fsp3) is 0.217. The fourth-order valence-corrected chi connectivity index (χ4v) is 3.22. The van der Waals surface area contributed by atoms with E-state index in [1.54, 1.807) is 11.1 Å². The highest BCUT2D eigenvalue weighted by molar-refractivity contribution is 5.90. The largest absolute Gasteiger partial charge is 0.454 e. The van der Waals surface area contributed by atoms with Crippen molar-refractivity contribution in [1.82, 2.24) is 9.88 Å². The van der Waals surface area contributed by atoms with Crippen molar-refractivity contribution in [3.05, 3.63) is 83.7 Å². The monoisotopic (exact) mass is 389 g/mol. The van der Waals surface area contributed by atoms with Crippen molar-refractivity contribution < 1.29 is 14.3 Å². The Morgan fingerprint density at radius 2 is 1.90 bits per heavy atom. The Morgan fingerprint density at radius 1 is 1.07 bits per heavy atom. The second-order valence-corrected chi connectivity index (χ2v) is 6.93. The molecule has 1 N–H and O–H groups in total. The lowest BCUT2D eigenvalue weighted by atomic mass is 10.1. The lowest BCUT2D eigenvalue weighted by molar-refractivity contribution is 0.174. The summed E-state index contributed by atoms with van der Waals surface area (Å²) >= 11 is 0. The van der Waals surface area contributed by atoms with E-state index in [-0.39, 0.29) is 12.8 Å². The molecule has 0 spiro atoms. The molecule has 3 aromatic rings. The molecular formula is C23H23N3O3. The maximum absolute atomic E-state index is 13.1. The Hall–Kier alpha value is -3.54. The number of hydrogen-bond acceptors (Lipinski definition) is 4. The van der Waals surface area contributed by atoms with Crippen molar-refractivity contribution in [2.24, 2.45) is 0 Å². The van der Waals surface area contributed by atoms with Crippen molar-refractivity contribution in [3.8, 4) is 11.5 Å². The summed E-state index contributed by atoms with van der Waals surface area (Å²) in [5.74, 6) is 1.45. The normalized spacial score (nSPS) is 11.9. The van der Waals surface area contributed by atoms with E-state index in [9.17, 15) is 4.79 Å². The Morgan fingerprint density at radius 3 is 2.72 bits per heavy atom. The third-order valence-electron chi connectivity index (χ3n) is 4.85. The topological polar surface area (TPSA) is 63.7 Å². The van der Waals surface area contributed by atoms with E-state index in [0.29, 0.717) is 25.3 Å². The van der Waals surface area contributed by atoms with Crippen LogP contribution in [0, 0.1) is 6.92 Å². The average molecular weight is 389 g/mol. The van der Waals surface area contributed by atoms with Crippen LogP contribution in [0.2, 0.25) is 0 Å². The molecule has 148 valence electrons. The predicted molar refractivity (Wildman–Crippen MR) is 111 cm³/mol. The van der Waals surface area contributed by atoms with Crippen molar-refractivity contribution in [3.63, 3.8) is 0 Å². The minimum absolute atomic E-state index is 0.145. The van der Waals surface area contributed by atoms with E-state index in [2.05, 4.69) is 10.3 Å². The number of urea groups is 1. The number of pyridine rings is 1. The maximum Gasteiger partial charge on any atom is 0.322 e. The Labute approximate surface area is 170 Å². The zero-order chi connectivity index (χ0) is 20.1. The minimum atomic E-state index is -0.145. The molecule has 0 bridgehead atoms. The van der Waals surface area contributed by atoms with Crippen molar-refractivity contribution >= 4 is 11.7 Å². The first-order valence-electron chi connectivity index (χ1n) is 9.59. The van der Waals surface area contributed by atoms with Gasteiger partial charge in [-0.15, -0.1) is 0 Å². The van der Waals surface area contributed by atoms with E-state index < -0.39 is 0 Å². The number of fused-ring (bicyclic) bond motifs is 1. The molecule has 29 heavy (non-hydrogen) atoms. The van der Waals surface area contributed by atoms with Crippen LogP contribution in [0.4, 0.5) is 10.5 Å². The van der Waals surface area contributed by atoms with Gasteiger partial charge < -0.3 is 19.7 Å². The van der Waals surface area contributed by atoms with Gasteiger partial charge in [-0.1, -0.05) is 30.3 Å². The smallest absolute Gasteiger partial charge is 0.322 e. The van der Waals surface area contributed by atoms with E-state index in [1.807, 2.05) is 67.6 Å². The summed E-state index contributed by atoms with van der Waals surface area (Å²) in [5.41, 5.74) is 3.77. The van der Waals surface area contributed by atoms with Gasteiger partial charge in [0.1, 0.15) is 0 Å². The first kappa shape index (κ1) is 18.8. The molecule has 1 aromatic heterocycles. The number of nitrogens with zero attached hydrogens (tertiary/aromatic N) is 2. The van der Waals surface area contributed by atoms with Gasteiger partial charge in [0.15, 0.2) is 11.5 Å². The summed E-state index contributed by atoms with van der Waals surface area (Å²) in [4.78, 5) is 19.2. The van der Waals surface area contributed by atoms with Gasteiger partial charge in [-0.3, -0.25) is 4.98 Å². The molecule has 2 aromatic carbocycles. The van der Waals surface area contributed by atoms with Gasteiger partial charge in [0, 0.05) is 37.1 Å². The quantitative estimate of drug-likeness (QED) is 0.679. The Bertz CT molecular complexity index is 992. The molecule has 4 rings (SSSR count). The van der Waals surface area contributed by atoms with Crippen LogP contribution < -0.4 is 14.8 Å². The van der Waals surface area contributed by atoms with Crippen LogP contribution in [0.25, 0.3) is 0 Å². The fourth-order valence-electron chi connectivity index (χ4n) is 3.22. The molecule has 2 heterocycles. The molecule has 0 fully saturated rings. The zero-order valence-corrected chi connectivity index (χ0v) is 16.3. The number of amides is 2. The molecule has 0 saturated carbocycles. The summed E-state index contributed by atoms with van der Waals surface area (Å²) in [6.07, 6.45) is 2.44. The van der Waals surface area contributed by atoms with Gasteiger partial charge in [0.05, 0.1) is 0 Å². The number of carbonyl (C=O) groups excluding carboxylic acids is 1. The number of para-hydroxylation sites is 1. The standard InChI is InChI=1S/C23H23N3O3/c1-17-6-2-3-8-20(17)25-23(27)26(13-11-19-7-4-5-12-24-19)15-18-9-10-21-22(14-18)29-16-28-21/h2-10,12,14H,11,13,15-16H2,1H3,(H,25,27). The average Bonchev–Trinajstić information content (AvgIpc) is 3.21. The molecule has 0 aliphatic carbocycles. The number of aromatic nitrogens is 1. The number of aryl methyl sites for hydroxylation is 1. The number of carbonyl (C=O) groups is 1. The number of ether oxygens (including phenoxy) is 2. The Balaban J connectivity index is 1.51. The van der Waals surface area contributed by atoms with Crippen LogP contribution in [0.3, 0.4) is 0 Å². The summed E-state index contributed by atoms with van der Waals surface area (Å²) in [5, 5.41) is 3.03. The van der Waals surface area contributed by atoms with Gasteiger partial charge in [-0.05, 0) is 48.4 Å². The maximum atomic E-state index is 13.1. The van der Waals surface area contributed by atoms with Crippen LogP contribution in [0.1, 0.15) is 16.8 Å². The second kappa shape index (κ2) is 8.65. The van der Waals surface area contributed by atoms with Gasteiger partial charge in [-0.25, -0.2) is 4.79 Å². The molecule has 0 unspecified atom stereocenters. The SMILES string of the molecule is Cc1ccccc1NC(=O)N(CCc1ccccn1)Cc1ccc2c(c1)OCO2. The van der Waals surface area contributed by atoms with Gasteiger partial charge in [0.2, 0.25) is 6.79 Å². The lowest BCUT2D eigenvalue weighted by Crippen LogP contribution is -2.36. The number of benzene rings is 2. The van der Waals surface area contributed by atoms with E-state index in [0.717, 1.165) is 28.3 Å². The highest BCUT2D eigenvalue weighted by atomic mass is 16.7. The number of hydrogen-bond donors (Lipinski definition) is 1. The first-order chi connectivity index (χ1) is 14.2. The van der Waals surface area contributed by atoms with E-state index >= 15 is 0 Å². The number of nitrogens with one attached hydrogen (secondary N) is 1. The first-order valence-corrected chi connectivity index (χ1v) is 9.59. The van der Waals surface area contributed by atoms with Crippen molar-refractivity contribution in [2.45, 2.75) is 19.9 Å². The molecule has 0 saturated heterocycles. The molecule has 6 heteroatoms. The van der Waals surface area contributed by atoms with Crippen molar-refractivity contribution in [1.29, 1.82) is 0 Å². The third-order valence-corrected chi connectivity index (χ3v) is 4.85. The van der Waals surface area contributed by atoms with Gasteiger partial charge >= 0.3 is 6.03 Å². The van der Waals surface area contributed by atoms with Gasteiger partial charge in [-0.2, -0.15) is 0 Å². The highest BCUT2D eigenvalue weighted by Crippen LogP contribution is 2.32. The highest BCUT2D eigenvalue weighted by Gasteiger charge is 2.18. The van der Waals surface area contributed by atoms with Crippen LogP contribution >= 0.6 is 0 Å². The van der Waals surface area contributed by atoms with E-state index in [4.69, 9.17) is 9.47 Å². The predicted octanol–water partition coefficient (Wildman–Crippen LogP) is 4.40. The zero-order valence-electron chi connectivity index (χ0n) is 16.3. The minimum Gasteiger partial charge on any atom is -0.454 e. The van der Waals surface area contributed by atoms with Crippen LogP contribution in [0.15, 0.2) is 66.9 Å². The summed E-state index contributed by atoms with van der Waals surface area (Å²) < 4.78 is 10.9. The molecule has 1 aliphatic heterocycles. The molecule has 0 atom stereocenters. The molecule has 0 radical (unpaired) electrons.